The monoisotopic (exact) mass is 346 g/mol. The minimum absolute atomic E-state index is 0.110. The highest BCUT2D eigenvalue weighted by molar-refractivity contribution is 5.61. The van der Waals surface area contributed by atoms with Crippen molar-refractivity contribution >= 4 is 0 Å². The van der Waals surface area contributed by atoms with Crippen LogP contribution < -0.4 is 14.2 Å². The number of aliphatic hydroxyl groups excluding tert-OH is 1. The van der Waals surface area contributed by atoms with Crippen LogP contribution in [0.3, 0.4) is 0 Å². The molecule has 0 saturated heterocycles. The molecule has 0 unspecified atom stereocenters. The Bertz CT molecular complexity index is 670. The Morgan fingerprint density at radius 3 is 2.44 bits per heavy atom. The van der Waals surface area contributed by atoms with Gasteiger partial charge in [0.25, 0.3) is 0 Å². The van der Waals surface area contributed by atoms with E-state index in [1.165, 1.54) is 24.0 Å². The lowest BCUT2D eigenvalue weighted by atomic mass is 9.55. The zero-order chi connectivity index (χ0) is 17.8. The first-order valence-electron chi connectivity index (χ1n) is 9.55. The van der Waals surface area contributed by atoms with Crippen molar-refractivity contribution in [3.63, 3.8) is 0 Å². The number of fused-ring (bicyclic) bond motifs is 5. The van der Waals surface area contributed by atoms with Gasteiger partial charge in [0.2, 0.25) is 5.75 Å². The second kappa shape index (κ2) is 6.08. The zero-order valence-corrected chi connectivity index (χ0v) is 15.8. The van der Waals surface area contributed by atoms with E-state index in [9.17, 15) is 5.11 Å². The van der Waals surface area contributed by atoms with Gasteiger partial charge in [-0.1, -0.05) is 6.92 Å². The van der Waals surface area contributed by atoms with Crippen LogP contribution in [0.1, 0.15) is 56.1 Å². The predicted octanol–water partition coefficient (Wildman–Crippen LogP) is 3.93. The SMILES string of the molecule is COc1cc2c(c(OC)c1OC)CC[C@@H]1[C@@H]2CC[C@]2(C)[C@@H](O)CC[C@@H]12. The van der Waals surface area contributed by atoms with E-state index in [0.717, 1.165) is 37.2 Å². The lowest BCUT2D eigenvalue weighted by Gasteiger charge is -2.50. The zero-order valence-electron chi connectivity index (χ0n) is 15.8. The van der Waals surface area contributed by atoms with Crippen LogP contribution in [-0.4, -0.2) is 32.5 Å². The molecule has 0 heterocycles. The van der Waals surface area contributed by atoms with Gasteiger partial charge in [0, 0.05) is 5.56 Å². The first-order valence-corrected chi connectivity index (χ1v) is 9.55. The van der Waals surface area contributed by atoms with E-state index in [1.54, 1.807) is 21.3 Å². The maximum Gasteiger partial charge on any atom is 0.203 e. The van der Waals surface area contributed by atoms with Gasteiger partial charge in [-0.15, -0.1) is 0 Å². The molecule has 1 N–H and O–H groups in total. The van der Waals surface area contributed by atoms with Gasteiger partial charge in [0.05, 0.1) is 27.4 Å². The normalized spacial score (nSPS) is 36.2. The molecular formula is C21H30O4. The van der Waals surface area contributed by atoms with Crippen molar-refractivity contribution in [2.75, 3.05) is 21.3 Å². The van der Waals surface area contributed by atoms with Gasteiger partial charge in [-0.05, 0) is 73.3 Å². The Balaban J connectivity index is 1.78. The van der Waals surface area contributed by atoms with E-state index in [-0.39, 0.29) is 11.5 Å². The van der Waals surface area contributed by atoms with Gasteiger partial charge in [-0.2, -0.15) is 0 Å². The van der Waals surface area contributed by atoms with Crippen molar-refractivity contribution < 1.29 is 19.3 Å². The van der Waals surface area contributed by atoms with E-state index < -0.39 is 0 Å². The maximum atomic E-state index is 10.5. The Kier molecular flexibility index (Phi) is 4.14. The van der Waals surface area contributed by atoms with E-state index >= 15 is 0 Å². The number of benzene rings is 1. The average Bonchev–Trinajstić information content (AvgIpc) is 2.94. The second-order valence-corrected chi connectivity index (χ2v) is 8.27. The molecule has 4 rings (SSSR count). The number of ether oxygens (including phenoxy) is 3. The van der Waals surface area contributed by atoms with Gasteiger partial charge >= 0.3 is 0 Å². The Morgan fingerprint density at radius 1 is 1.00 bits per heavy atom. The highest BCUT2D eigenvalue weighted by Gasteiger charge is 2.54. The van der Waals surface area contributed by atoms with Crippen molar-refractivity contribution in [2.24, 2.45) is 17.3 Å². The molecule has 4 heteroatoms. The number of aliphatic hydroxyl groups is 1. The fourth-order valence-corrected chi connectivity index (χ4v) is 6.18. The summed E-state index contributed by atoms with van der Waals surface area (Å²) in [6, 6.07) is 2.18. The van der Waals surface area contributed by atoms with Crippen LogP contribution in [0.5, 0.6) is 17.2 Å². The standard InChI is InChI=1S/C21H30O4/c1-21-10-9-12-13(16(21)7-8-18(21)22)5-6-14-15(12)11-17(23-2)20(25-4)19(14)24-3/h11-13,16,18,22H,5-10H2,1-4H3/t12-,13+,16-,18-,21-/m0/s1. The summed E-state index contributed by atoms with van der Waals surface area (Å²) in [5.74, 6) is 4.15. The summed E-state index contributed by atoms with van der Waals surface area (Å²) in [6.45, 7) is 2.32. The Labute approximate surface area is 150 Å². The summed E-state index contributed by atoms with van der Waals surface area (Å²) < 4.78 is 16.9. The number of hydrogen-bond acceptors (Lipinski definition) is 4. The smallest absolute Gasteiger partial charge is 0.203 e. The van der Waals surface area contributed by atoms with E-state index in [1.807, 2.05) is 0 Å². The first kappa shape index (κ1) is 17.0. The fourth-order valence-electron chi connectivity index (χ4n) is 6.18. The molecule has 0 aliphatic heterocycles. The average molecular weight is 346 g/mol. The molecule has 3 aliphatic rings. The van der Waals surface area contributed by atoms with Gasteiger partial charge < -0.3 is 19.3 Å². The van der Waals surface area contributed by atoms with Crippen LogP contribution >= 0.6 is 0 Å². The largest absolute Gasteiger partial charge is 0.493 e. The second-order valence-electron chi connectivity index (χ2n) is 8.27. The number of hydrogen-bond donors (Lipinski definition) is 1. The highest BCUT2D eigenvalue weighted by atomic mass is 16.5. The maximum absolute atomic E-state index is 10.5. The summed E-state index contributed by atoms with van der Waals surface area (Å²) in [4.78, 5) is 0. The van der Waals surface area contributed by atoms with Crippen LogP contribution in [0.4, 0.5) is 0 Å². The minimum Gasteiger partial charge on any atom is -0.493 e. The molecule has 1 aromatic rings. The van der Waals surface area contributed by atoms with Gasteiger partial charge in [0.15, 0.2) is 11.5 Å². The molecule has 5 atom stereocenters. The van der Waals surface area contributed by atoms with E-state index in [2.05, 4.69) is 13.0 Å². The topological polar surface area (TPSA) is 47.9 Å². The lowest BCUT2D eigenvalue weighted by Crippen LogP contribution is -2.44. The van der Waals surface area contributed by atoms with Gasteiger partial charge in [0.1, 0.15) is 0 Å². The summed E-state index contributed by atoms with van der Waals surface area (Å²) in [7, 11) is 5.08. The third-order valence-electron chi connectivity index (χ3n) is 7.48. The summed E-state index contributed by atoms with van der Waals surface area (Å²) in [5.41, 5.74) is 2.79. The van der Waals surface area contributed by atoms with Crippen LogP contribution in [0, 0.1) is 17.3 Å². The Hall–Kier alpha value is -1.42. The molecule has 0 aromatic heterocycles. The first-order chi connectivity index (χ1) is 12.0. The molecular weight excluding hydrogens is 316 g/mol. The summed E-state index contributed by atoms with van der Waals surface area (Å²) in [6.07, 6.45) is 6.44. The fraction of sp³-hybridized carbons (Fsp3) is 0.714. The van der Waals surface area contributed by atoms with Crippen molar-refractivity contribution in [1.82, 2.24) is 0 Å². The van der Waals surface area contributed by atoms with Crippen molar-refractivity contribution in [3.05, 3.63) is 17.2 Å². The van der Waals surface area contributed by atoms with Crippen LogP contribution in [0.2, 0.25) is 0 Å². The Morgan fingerprint density at radius 2 is 1.76 bits per heavy atom. The minimum atomic E-state index is -0.125. The van der Waals surface area contributed by atoms with Crippen LogP contribution in [0.25, 0.3) is 0 Å². The van der Waals surface area contributed by atoms with Crippen LogP contribution in [0.15, 0.2) is 6.07 Å². The van der Waals surface area contributed by atoms with Crippen molar-refractivity contribution in [3.8, 4) is 17.2 Å². The van der Waals surface area contributed by atoms with Gasteiger partial charge in [-0.25, -0.2) is 0 Å². The van der Waals surface area contributed by atoms with Gasteiger partial charge in [-0.3, -0.25) is 0 Å². The third kappa shape index (κ3) is 2.29. The number of rotatable bonds is 3. The molecule has 138 valence electrons. The predicted molar refractivity (Wildman–Crippen MR) is 96.7 cm³/mol. The third-order valence-corrected chi connectivity index (χ3v) is 7.48. The molecule has 4 nitrogen and oxygen atoms in total. The molecule has 2 fully saturated rings. The van der Waals surface area contributed by atoms with Crippen molar-refractivity contribution in [2.45, 2.75) is 57.5 Å². The highest BCUT2D eigenvalue weighted by Crippen LogP contribution is 2.62. The molecule has 0 spiro atoms. The quantitative estimate of drug-likeness (QED) is 0.901. The summed E-state index contributed by atoms with van der Waals surface area (Å²) >= 11 is 0. The molecule has 2 saturated carbocycles. The van der Waals surface area contributed by atoms with E-state index in [0.29, 0.717) is 23.5 Å². The molecule has 1 aromatic carbocycles. The van der Waals surface area contributed by atoms with Crippen LogP contribution in [-0.2, 0) is 6.42 Å². The van der Waals surface area contributed by atoms with Crippen molar-refractivity contribution in [1.29, 1.82) is 0 Å². The summed E-state index contributed by atoms with van der Waals surface area (Å²) in [5, 5.41) is 10.5. The molecule has 25 heavy (non-hydrogen) atoms. The molecule has 0 radical (unpaired) electrons. The van der Waals surface area contributed by atoms with E-state index in [4.69, 9.17) is 14.2 Å². The molecule has 0 bridgehead atoms. The lowest BCUT2D eigenvalue weighted by molar-refractivity contribution is -0.0227. The molecule has 0 amide bonds. The number of methoxy groups -OCH3 is 3. The molecule has 3 aliphatic carbocycles.